The van der Waals surface area contributed by atoms with E-state index in [-0.39, 0.29) is 17.7 Å². The van der Waals surface area contributed by atoms with Crippen molar-refractivity contribution in [1.82, 2.24) is 0 Å². The molecule has 3 fully saturated rings. The number of rotatable bonds is 1. The Balaban J connectivity index is 1.69. The molecule has 78 valence electrons. The zero-order valence-corrected chi connectivity index (χ0v) is 8.49. The molecule has 2 unspecified atom stereocenters. The van der Waals surface area contributed by atoms with Gasteiger partial charge in [0.05, 0.1) is 7.11 Å². The molecule has 0 radical (unpaired) electrons. The molecular weight excluding hydrogens is 180 g/mol. The van der Waals surface area contributed by atoms with Crippen molar-refractivity contribution in [2.24, 2.45) is 11.8 Å². The highest BCUT2D eigenvalue weighted by molar-refractivity contribution is 5.79. The van der Waals surface area contributed by atoms with Crippen molar-refractivity contribution in [3.05, 3.63) is 0 Å². The summed E-state index contributed by atoms with van der Waals surface area (Å²) in [5.41, 5.74) is -0.0712. The maximum atomic E-state index is 11.3. The van der Waals surface area contributed by atoms with Gasteiger partial charge in [0.2, 0.25) is 0 Å². The molecule has 1 saturated heterocycles. The van der Waals surface area contributed by atoms with Crippen molar-refractivity contribution < 1.29 is 14.3 Å². The lowest BCUT2D eigenvalue weighted by molar-refractivity contribution is -0.142. The van der Waals surface area contributed by atoms with Gasteiger partial charge in [-0.2, -0.15) is 0 Å². The van der Waals surface area contributed by atoms with Crippen molar-refractivity contribution in [3.8, 4) is 0 Å². The van der Waals surface area contributed by atoms with E-state index in [1.807, 2.05) is 0 Å². The Kier molecular flexibility index (Phi) is 1.69. The smallest absolute Gasteiger partial charge is 0.338 e. The third-order valence-corrected chi connectivity index (χ3v) is 4.26. The van der Waals surface area contributed by atoms with Crippen molar-refractivity contribution >= 4 is 5.97 Å². The van der Waals surface area contributed by atoms with Crippen LogP contribution in [0.5, 0.6) is 0 Å². The van der Waals surface area contributed by atoms with Crippen LogP contribution >= 0.6 is 0 Å². The molecule has 3 heteroatoms. The minimum Gasteiger partial charge on any atom is -0.467 e. The summed E-state index contributed by atoms with van der Waals surface area (Å²) >= 11 is 0. The van der Waals surface area contributed by atoms with E-state index in [2.05, 4.69) is 0 Å². The van der Waals surface area contributed by atoms with Gasteiger partial charge in [-0.25, -0.2) is 4.79 Å². The first-order chi connectivity index (χ1) is 6.78. The van der Waals surface area contributed by atoms with E-state index in [1.54, 1.807) is 0 Å². The molecule has 0 amide bonds. The third kappa shape index (κ3) is 0.937. The number of carbonyl (C=O) groups excluding carboxylic acids is 1. The Bertz CT molecular complexity index is 276. The van der Waals surface area contributed by atoms with Crippen molar-refractivity contribution in [3.63, 3.8) is 0 Å². The van der Waals surface area contributed by atoms with E-state index in [1.165, 1.54) is 32.8 Å². The number of methoxy groups -OCH3 is 1. The largest absolute Gasteiger partial charge is 0.467 e. The lowest BCUT2D eigenvalue weighted by Gasteiger charge is -2.46. The van der Waals surface area contributed by atoms with Crippen LogP contribution in [0, 0.1) is 11.8 Å². The summed E-state index contributed by atoms with van der Waals surface area (Å²) in [5, 5.41) is 0. The fraction of sp³-hybridized carbons (Fsp3) is 0.909. The number of esters is 1. The zero-order valence-electron chi connectivity index (χ0n) is 8.49. The molecule has 4 atom stereocenters. The lowest BCUT2D eigenvalue weighted by atomic mass is 9.57. The van der Waals surface area contributed by atoms with Crippen LogP contribution in [0.25, 0.3) is 0 Å². The van der Waals surface area contributed by atoms with Gasteiger partial charge in [-0.1, -0.05) is 12.8 Å². The predicted molar refractivity (Wildman–Crippen MR) is 49.7 cm³/mol. The highest BCUT2D eigenvalue weighted by Crippen LogP contribution is 2.64. The molecule has 2 saturated carbocycles. The van der Waals surface area contributed by atoms with Gasteiger partial charge in [0, 0.05) is 0 Å². The molecule has 1 spiro atoms. The second-order valence-corrected chi connectivity index (χ2v) is 4.83. The monoisotopic (exact) mass is 196 g/mol. The summed E-state index contributed by atoms with van der Waals surface area (Å²) in [4.78, 5) is 11.3. The summed E-state index contributed by atoms with van der Waals surface area (Å²) in [5.74, 6) is 1.31. The maximum Gasteiger partial charge on any atom is 0.338 e. The molecule has 3 nitrogen and oxygen atoms in total. The van der Waals surface area contributed by atoms with Crippen LogP contribution in [-0.4, -0.2) is 24.8 Å². The van der Waals surface area contributed by atoms with E-state index in [0.717, 1.165) is 12.3 Å². The number of hydrogen-bond acceptors (Lipinski definition) is 3. The quantitative estimate of drug-likeness (QED) is 0.471. The maximum absolute atomic E-state index is 11.3. The van der Waals surface area contributed by atoms with Gasteiger partial charge in [-0.05, 0) is 31.1 Å². The van der Waals surface area contributed by atoms with Gasteiger partial charge in [0.25, 0.3) is 0 Å². The van der Waals surface area contributed by atoms with Crippen molar-refractivity contribution in [2.75, 3.05) is 7.11 Å². The van der Waals surface area contributed by atoms with Gasteiger partial charge >= 0.3 is 5.97 Å². The van der Waals surface area contributed by atoms with E-state index < -0.39 is 0 Å². The first-order valence-electron chi connectivity index (χ1n) is 5.53. The average molecular weight is 196 g/mol. The summed E-state index contributed by atoms with van der Waals surface area (Å²) in [6.07, 6.45) is 6.12. The second kappa shape index (κ2) is 2.72. The van der Waals surface area contributed by atoms with Gasteiger partial charge in [-0.3, -0.25) is 0 Å². The van der Waals surface area contributed by atoms with Gasteiger partial charge in [-0.15, -0.1) is 0 Å². The molecule has 3 aliphatic rings. The van der Waals surface area contributed by atoms with E-state index in [9.17, 15) is 4.79 Å². The Morgan fingerprint density at radius 2 is 2.21 bits per heavy atom. The van der Waals surface area contributed by atoms with E-state index >= 15 is 0 Å². The van der Waals surface area contributed by atoms with Crippen LogP contribution in [0.2, 0.25) is 0 Å². The number of fused-ring (bicyclic) bond motifs is 2. The summed E-state index contributed by atoms with van der Waals surface area (Å²) < 4.78 is 10.3. The van der Waals surface area contributed by atoms with Crippen molar-refractivity contribution in [2.45, 2.75) is 43.8 Å². The molecular formula is C11H16O3. The van der Waals surface area contributed by atoms with Gasteiger partial charge < -0.3 is 9.47 Å². The summed E-state index contributed by atoms with van der Waals surface area (Å²) in [6.45, 7) is 0. The fourth-order valence-corrected chi connectivity index (χ4v) is 3.47. The topological polar surface area (TPSA) is 38.8 Å². The number of ether oxygens (including phenoxy) is 2. The predicted octanol–water partition coefficient (Wildman–Crippen LogP) is 1.51. The van der Waals surface area contributed by atoms with Crippen LogP contribution in [-0.2, 0) is 14.3 Å². The van der Waals surface area contributed by atoms with Crippen molar-refractivity contribution in [1.29, 1.82) is 0 Å². The van der Waals surface area contributed by atoms with Crippen LogP contribution in [0.3, 0.4) is 0 Å². The molecule has 3 rings (SSSR count). The van der Waals surface area contributed by atoms with Crippen LogP contribution in [0.1, 0.15) is 32.1 Å². The highest BCUT2D eigenvalue weighted by Gasteiger charge is 2.73. The van der Waals surface area contributed by atoms with Crippen LogP contribution in [0.15, 0.2) is 0 Å². The third-order valence-electron chi connectivity index (χ3n) is 4.26. The highest BCUT2D eigenvalue weighted by atomic mass is 16.7. The minimum absolute atomic E-state index is 0.0712. The lowest BCUT2D eigenvalue weighted by Crippen LogP contribution is -2.49. The first-order valence-corrected chi connectivity index (χ1v) is 5.53. The average Bonchev–Trinajstić information content (AvgIpc) is 2.93. The van der Waals surface area contributed by atoms with Crippen LogP contribution in [0.4, 0.5) is 0 Å². The fourth-order valence-electron chi connectivity index (χ4n) is 3.47. The number of hydrogen-bond donors (Lipinski definition) is 0. The van der Waals surface area contributed by atoms with E-state index in [0.29, 0.717) is 5.92 Å². The normalized spacial score (nSPS) is 49.4. The Labute approximate surface area is 83.8 Å². The molecule has 0 aromatic rings. The molecule has 0 aromatic heterocycles. The minimum atomic E-state index is -0.230. The second-order valence-electron chi connectivity index (χ2n) is 4.83. The van der Waals surface area contributed by atoms with Gasteiger partial charge in [0.15, 0.2) is 6.10 Å². The van der Waals surface area contributed by atoms with Gasteiger partial charge in [0.1, 0.15) is 5.60 Å². The summed E-state index contributed by atoms with van der Waals surface area (Å²) in [7, 11) is 1.44. The standard InChI is InChI=1S/C11H16O3/c1-13-10(12)9-11(14-9)6-7-4-2-3-5-8(7)11/h7-9H,2-6H2,1H3/t7-,8-,9?,11?/m1/s1. The first kappa shape index (κ1) is 8.72. The summed E-state index contributed by atoms with van der Waals surface area (Å²) in [6, 6.07) is 0. The molecule has 0 bridgehead atoms. The number of epoxide rings is 1. The number of carbonyl (C=O) groups is 1. The molecule has 14 heavy (non-hydrogen) atoms. The molecule has 2 aliphatic carbocycles. The Morgan fingerprint density at radius 1 is 1.43 bits per heavy atom. The zero-order chi connectivity index (χ0) is 9.76. The molecule has 0 N–H and O–H groups in total. The van der Waals surface area contributed by atoms with Crippen LogP contribution < -0.4 is 0 Å². The molecule has 0 aromatic carbocycles. The van der Waals surface area contributed by atoms with E-state index in [4.69, 9.17) is 9.47 Å². The SMILES string of the molecule is COC(=O)C1OC12C[C@H]1CCCC[C@H]12. The molecule has 1 heterocycles. The Morgan fingerprint density at radius 3 is 2.93 bits per heavy atom. The Hall–Kier alpha value is -0.570. The molecule has 1 aliphatic heterocycles.